The molecule has 6 heteroatoms. The van der Waals surface area contributed by atoms with Crippen molar-refractivity contribution < 1.29 is 4.74 Å². The summed E-state index contributed by atoms with van der Waals surface area (Å²) in [7, 11) is 1.50. The minimum Gasteiger partial charge on any atom is -0.490 e. The van der Waals surface area contributed by atoms with Crippen LogP contribution in [0.2, 0.25) is 0 Å². The molecule has 0 aromatic heterocycles. The maximum absolute atomic E-state index is 7.50. The molecule has 0 saturated heterocycles. The van der Waals surface area contributed by atoms with E-state index >= 15 is 0 Å². The van der Waals surface area contributed by atoms with Crippen LogP contribution in [0.5, 0.6) is 5.75 Å². The van der Waals surface area contributed by atoms with Crippen LogP contribution >= 0.6 is 0 Å². The average Bonchev–Trinajstić information content (AvgIpc) is 3.03. The third-order valence-corrected chi connectivity index (χ3v) is 6.50. The Kier molecular flexibility index (Phi) is 31.5. The van der Waals surface area contributed by atoms with Crippen molar-refractivity contribution in [2.45, 2.75) is 120 Å². The molecular formula is C35H65N5O. The van der Waals surface area contributed by atoms with Crippen molar-refractivity contribution in [3.05, 3.63) is 47.7 Å². The molecule has 41 heavy (non-hydrogen) atoms. The van der Waals surface area contributed by atoms with Gasteiger partial charge in [-0.2, -0.15) is 0 Å². The standard InChI is InChI=1S/C15H21NO.C9H13N3.2C4H10.C2H6.CH5N/c1-12-6-8-13(9-7-12)16-10-11-17-15-5-3-2-4-14(15)16;1-7(5-10)4-9(11)8(2)6-12-3;2*1-3-4-2;2*1-2/h2-5,12-13H,6-11H2,1H3;4-6,10-11H,3H2,1-2H3;2*3-4H2,1-2H3;1-2H3;2H2,1H3/b;7-4-,8-6+,10-5?,11-9?;;;;. The number of anilines is 1. The van der Waals surface area contributed by atoms with E-state index in [4.69, 9.17) is 15.6 Å². The second kappa shape index (κ2) is 30.2. The molecule has 1 aliphatic carbocycles. The SMILES string of the molecule is C=N/C=C(\C)C(=N)/C=C(/C)C=N.CC.CC1CCC(N2CCOc3ccccc32)CC1.CCCC.CCCC.CN. The van der Waals surface area contributed by atoms with Crippen LogP contribution in [0.25, 0.3) is 0 Å². The highest BCUT2D eigenvalue weighted by molar-refractivity contribution is 6.08. The summed E-state index contributed by atoms with van der Waals surface area (Å²) in [5.74, 6) is 1.99. The number of hydrogen-bond acceptors (Lipinski definition) is 6. The summed E-state index contributed by atoms with van der Waals surface area (Å²) in [6, 6.07) is 9.20. The normalized spacial score (nSPS) is 17.2. The van der Waals surface area contributed by atoms with Gasteiger partial charge in [0.05, 0.1) is 17.9 Å². The van der Waals surface area contributed by atoms with Crippen LogP contribution in [0.4, 0.5) is 5.69 Å². The number of rotatable bonds is 7. The fourth-order valence-corrected chi connectivity index (χ4v) is 3.71. The molecule has 1 aromatic carbocycles. The van der Waals surface area contributed by atoms with E-state index < -0.39 is 0 Å². The van der Waals surface area contributed by atoms with Crippen LogP contribution in [0.15, 0.2) is 52.7 Å². The van der Waals surface area contributed by atoms with E-state index in [-0.39, 0.29) is 0 Å². The number of para-hydroxylation sites is 2. The van der Waals surface area contributed by atoms with E-state index in [1.165, 1.54) is 76.5 Å². The summed E-state index contributed by atoms with van der Waals surface area (Å²) < 4.78 is 5.72. The predicted molar refractivity (Wildman–Crippen MR) is 187 cm³/mol. The molecule has 0 amide bonds. The summed E-state index contributed by atoms with van der Waals surface area (Å²) in [6.07, 6.45) is 15.1. The number of nitrogens with zero attached hydrogens (tertiary/aromatic N) is 2. The molecule has 1 fully saturated rings. The maximum Gasteiger partial charge on any atom is 0.142 e. The smallest absolute Gasteiger partial charge is 0.142 e. The molecular weight excluding hydrogens is 506 g/mol. The van der Waals surface area contributed by atoms with Gasteiger partial charge in [-0.1, -0.05) is 86.3 Å². The molecule has 4 N–H and O–H groups in total. The Morgan fingerprint density at radius 1 is 1.00 bits per heavy atom. The van der Waals surface area contributed by atoms with Gasteiger partial charge in [0.1, 0.15) is 12.4 Å². The molecule has 1 saturated carbocycles. The van der Waals surface area contributed by atoms with Gasteiger partial charge < -0.3 is 26.2 Å². The summed E-state index contributed by atoms with van der Waals surface area (Å²) >= 11 is 0. The lowest BCUT2D eigenvalue weighted by Crippen LogP contribution is -2.42. The molecule has 0 atom stereocenters. The van der Waals surface area contributed by atoms with Crippen molar-refractivity contribution in [1.82, 2.24) is 0 Å². The van der Waals surface area contributed by atoms with Crippen LogP contribution in [-0.2, 0) is 0 Å². The van der Waals surface area contributed by atoms with Gasteiger partial charge in [0.2, 0.25) is 0 Å². The number of aliphatic imine (C=N–C) groups is 1. The summed E-state index contributed by atoms with van der Waals surface area (Å²) in [6.45, 7) is 23.8. The lowest BCUT2D eigenvalue weighted by atomic mass is 9.86. The van der Waals surface area contributed by atoms with Gasteiger partial charge in [-0.05, 0) is 88.6 Å². The van der Waals surface area contributed by atoms with Crippen molar-refractivity contribution in [2.75, 3.05) is 25.1 Å². The van der Waals surface area contributed by atoms with Gasteiger partial charge in [0, 0.05) is 18.5 Å². The van der Waals surface area contributed by atoms with E-state index in [9.17, 15) is 0 Å². The van der Waals surface area contributed by atoms with Gasteiger partial charge >= 0.3 is 0 Å². The first-order valence-electron chi connectivity index (χ1n) is 15.8. The van der Waals surface area contributed by atoms with Crippen LogP contribution < -0.4 is 15.4 Å². The Balaban J connectivity index is -0.000000526. The van der Waals surface area contributed by atoms with E-state index in [0.717, 1.165) is 42.0 Å². The quantitative estimate of drug-likeness (QED) is 0.284. The van der Waals surface area contributed by atoms with Crippen molar-refractivity contribution >= 4 is 24.3 Å². The zero-order valence-corrected chi connectivity index (χ0v) is 28.4. The molecule has 1 aliphatic heterocycles. The Labute approximate surface area is 254 Å². The second-order valence-corrected chi connectivity index (χ2v) is 9.86. The zero-order valence-electron chi connectivity index (χ0n) is 28.4. The minimum absolute atomic E-state index is 0.364. The van der Waals surface area contributed by atoms with Gasteiger partial charge in [-0.15, -0.1) is 0 Å². The van der Waals surface area contributed by atoms with E-state index in [1.807, 2.05) is 13.8 Å². The number of benzene rings is 1. The monoisotopic (exact) mass is 572 g/mol. The molecule has 236 valence electrons. The number of nitrogens with one attached hydrogen (secondary N) is 2. The van der Waals surface area contributed by atoms with Crippen molar-refractivity contribution in [3.63, 3.8) is 0 Å². The lowest BCUT2D eigenvalue weighted by molar-refractivity contribution is 0.275. The predicted octanol–water partition coefficient (Wildman–Crippen LogP) is 9.88. The first-order chi connectivity index (χ1) is 19.8. The first-order valence-corrected chi connectivity index (χ1v) is 15.8. The number of fused-ring (bicyclic) bond motifs is 1. The highest BCUT2D eigenvalue weighted by Gasteiger charge is 2.27. The second-order valence-electron chi connectivity index (χ2n) is 9.86. The first kappa shape index (κ1) is 42.7. The van der Waals surface area contributed by atoms with Crippen molar-refractivity contribution in [3.8, 4) is 5.75 Å². The zero-order chi connectivity index (χ0) is 32.1. The van der Waals surface area contributed by atoms with Crippen molar-refractivity contribution in [2.24, 2.45) is 16.6 Å². The molecule has 1 aromatic rings. The fourth-order valence-electron chi connectivity index (χ4n) is 3.71. The van der Waals surface area contributed by atoms with Gasteiger partial charge in [-0.3, -0.25) is 4.99 Å². The van der Waals surface area contributed by atoms with Crippen molar-refractivity contribution in [1.29, 1.82) is 10.8 Å². The molecule has 0 radical (unpaired) electrons. The Hall–Kier alpha value is -2.73. The molecule has 3 rings (SSSR count). The highest BCUT2D eigenvalue weighted by atomic mass is 16.5. The summed E-state index contributed by atoms with van der Waals surface area (Å²) in [4.78, 5) is 6.12. The third-order valence-electron chi connectivity index (χ3n) is 6.50. The minimum atomic E-state index is 0.364. The molecule has 2 aliphatic rings. The molecule has 0 bridgehead atoms. The average molecular weight is 572 g/mol. The molecule has 1 heterocycles. The summed E-state index contributed by atoms with van der Waals surface area (Å²) in [5.41, 5.74) is 7.66. The fraction of sp³-hybridized carbons (Fsp3) is 0.629. The Morgan fingerprint density at radius 2 is 1.51 bits per heavy atom. The molecule has 0 spiro atoms. The molecule has 6 nitrogen and oxygen atoms in total. The Morgan fingerprint density at radius 3 is 1.98 bits per heavy atom. The third kappa shape index (κ3) is 20.7. The summed E-state index contributed by atoms with van der Waals surface area (Å²) in [5, 5.41) is 14.4. The van der Waals surface area contributed by atoms with E-state index in [0.29, 0.717) is 5.71 Å². The van der Waals surface area contributed by atoms with Gasteiger partial charge in [-0.25, -0.2) is 0 Å². The van der Waals surface area contributed by atoms with Gasteiger partial charge in [0.15, 0.2) is 0 Å². The van der Waals surface area contributed by atoms with Crippen LogP contribution in [0.3, 0.4) is 0 Å². The maximum atomic E-state index is 7.50. The van der Waals surface area contributed by atoms with Gasteiger partial charge in [0.25, 0.3) is 0 Å². The largest absolute Gasteiger partial charge is 0.490 e. The number of nitrogens with two attached hydrogens (primary N) is 1. The number of unbranched alkanes of at least 4 members (excludes halogenated alkanes) is 2. The number of allylic oxidation sites excluding steroid dienone is 3. The topological polar surface area (TPSA) is 98.5 Å². The van der Waals surface area contributed by atoms with E-state index in [1.54, 1.807) is 19.9 Å². The Bertz CT molecular complexity index is 831. The molecule has 0 unspecified atom stereocenters. The van der Waals surface area contributed by atoms with Crippen LogP contribution in [-0.4, -0.2) is 44.9 Å². The van der Waals surface area contributed by atoms with E-state index in [2.05, 4.69) is 81.2 Å². The lowest BCUT2D eigenvalue weighted by Gasteiger charge is -2.40. The van der Waals surface area contributed by atoms with Crippen LogP contribution in [0, 0.1) is 16.7 Å². The van der Waals surface area contributed by atoms with Crippen LogP contribution in [0.1, 0.15) is 114 Å². The number of ether oxygens (including phenoxy) is 1. The highest BCUT2D eigenvalue weighted by Crippen LogP contribution is 2.36. The number of hydrogen-bond donors (Lipinski definition) is 3.